The van der Waals surface area contributed by atoms with Crippen LogP contribution in [0, 0.1) is 13.8 Å². The van der Waals surface area contributed by atoms with E-state index in [0.29, 0.717) is 24.4 Å². The second-order valence-corrected chi connectivity index (χ2v) is 6.26. The first-order valence-corrected chi connectivity index (χ1v) is 8.64. The summed E-state index contributed by atoms with van der Waals surface area (Å²) in [6.45, 7) is 4.69. The lowest BCUT2D eigenvalue weighted by Gasteiger charge is -2.08. The van der Waals surface area contributed by atoms with Crippen LogP contribution in [0.25, 0.3) is 5.52 Å². The Bertz CT molecular complexity index is 994. The third-order valence-electron chi connectivity index (χ3n) is 4.19. The van der Waals surface area contributed by atoms with Crippen LogP contribution in [0.2, 0.25) is 0 Å². The summed E-state index contributed by atoms with van der Waals surface area (Å²) in [5, 5.41) is 5.61. The highest BCUT2D eigenvalue weighted by Gasteiger charge is 2.21. The molecule has 0 aliphatic heterocycles. The van der Waals surface area contributed by atoms with Gasteiger partial charge in [0.05, 0.1) is 12.1 Å². The number of aryl methyl sites for hydroxylation is 2. The molecule has 0 saturated carbocycles. The van der Waals surface area contributed by atoms with Crippen LogP contribution in [-0.2, 0) is 4.74 Å². The fraction of sp³-hybridized carbons (Fsp3) is 0.250. The first kappa shape index (κ1) is 18.6. The van der Waals surface area contributed by atoms with E-state index in [1.54, 1.807) is 35.9 Å². The van der Waals surface area contributed by atoms with Crippen LogP contribution in [0.5, 0.6) is 0 Å². The van der Waals surface area contributed by atoms with Gasteiger partial charge in [0, 0.05) is 25.5 Å². The lowest BCUT2D eigenvalue weighted by Crippen LogP contribution is -2.27. The molecule has 2 amide bonds. The minimum Gasteiger partial charge on any atom is -0.383 e. The third kappa shape index (κ3) is 3.98. The molecule has 1 aromatic carbocycles. The number of aromatic nitrogens is 2. The fourth-order valence-corrected chi connectivity index (χ4v) is 2.85. The van der Waals surface area contributed by atoms with Gasteiger partial charge in [0.25, 0.3) is 11.8 Å². The minimum atomic E-state index is -0.376. The lowest BCUT2D eigenvalue weighted by atomic mass is 10.1. The van der Waals surface area contributed by atoms with Gasteiger partial charge >= 0.3 is 0 Å². The Morgan fingerprint density at radius 1 is 1.15 bits per heavy atom. The summed E-state index contributed by atoms with van der Waals surface area (Å²) >= 11 is 0. The number of imidazole rings is 1. The molecule has 7 heteroatoms. The lowest BCUT2D eigenvalue weighted by molar-refractivity contribution is 0.0934. The van der Waals surface area contributed by atoms with Gasteiger partial charge in [-0.2, -0.15) is 0 Å². The number of methoxy groups -OCH3 is 1. The summed E-state index contributed by atoms with van der Waals surface area (Å²) in [4.78, 5) is 29.6. The molecule has 0 radical (unpaired) electrons. The van der Waals surface area contributed by atoms with E-state index in [2.05, 4.69) is 15.6 Å². The Balaban J connectivity index is 1.92. The van der Waals surface area contributed by atoms with E-state index in [1.165, 1.54) is 0 Å². The highest BCUT2D eigenvalue weighted by molar-refractivity contribution is 6.06. The number of benzene rings is 1. The molecule has 0 atom stereocenters. The Morgan fingerprint density at radius 2 is 1.96 bits per heavy atom. The van der Waals surface area contributed by atoms with Crippen molar-refractivity contribution in [3.05, 3.63) is 65.2 Å². The van der Waals surface area contributed by atoms with Crippen molar-refractivity contribution in [2.24, 2.45) is 0 Å². The number of ether oxygens (including phenoxy) is 1. The first-order valence-electron chi connectivity index (χ1n) is 8.64. The molecule has 2 N–H and O–H groups in total. The molecule has 0 aliphatic rings. The summed E-state index contributed by atoms with van der Waals surface area (Å²) in [5.41, 5.74) is 3.56. The molecule has 0 aliphatic carbocycles. The Kier molecular flexibility index (Phi) is 5.52. The molecule has 7 nitrogen and oxygen atoms in total. The van der Waals surface area contributed by atoms with E-state index in [1.807, 2.05) is 32.0 Å². The number of carbonyl (C=O) groups is 2. The van der Waals surface area contributed by atoms with Crippen LogP contribution in [-0.4, -0.2) is 41.5 Å². The molecule has 0 fully saturated rings. The predicted octanol–water partition coefficient (Wildman–Crippen LogP) is 2.58. The average Bonchev–Trinajstić information content (AvgIpc) is 3.04. The van der Waals surface area contributed by atoms with E-state index in [4.69, 9.17) is 4.74 Å². The fourth-order valence-electron chi connectivity index (χ4n) is 2.85. The van der Waals surface area contributed by atoms with Crippen LogP contribution >= 0.6 is 0 Å². The van der Waals surface area contributed by atoms with Gasteiger partial charge in [0.1, 0.15) is 0 Å². The van der Waals surface area contributed by atoms with Gasteiger partial charge in [-0.15, -0.1) is 0 Å². The number of rotatable bonds is 6. The molecule has 0 spiro atoms. The minimum absolute atomic E-state index is 0.155. The van der Waals surface area contributed by atoms with Gasteiger partial charge < -0.3 is 15.4 Å². The number of hydrogen-bond donors (Lipinski definition) is 2. The van der Waals surface area contributed by atoms with E-state index < -0.39 is 0 Å². The van der Waals surface area contributed by atoms with Crippen molar-refractivity contribution in [3.63, 3.8) is 0 Å². The molecule has 3 aromatic rings. The van der Waals surface area contributed by atoms with Crippen LogP contribution in [0.4, 0.5) is 5.69 Å². The molecular weight excluding hydrogens is 344 g/mol. The molecule has 2 aromatic heterocycles. The number of nitrogens with one attached hydrogen (secondary N) is 2. The average molecular weight is 366 g/mol. The van der Waals surface area contributed by atoms with Crippen molar-refractivity contribution < 1.29 is 14.3 Å². The zero-order chi connectivity index (χ0) is 19.4. The number of fused-ring (bicyclic) bond motifs is 1. The zero-order valence-electron chi connectivity index (χ0n) is 15.6. The third-order valence-corrected chi connectivity index (χ3v) is 4.19. The van der Waals surface area contributed by atoms with Crippen molar-refractivity contribution >= 4 is 23.0 Å². The number of amides is 2. The quantitative estimate of drug-likeness (QED) is 0.657. The van der Waals surface area contributed by atoms with Crippen LogP contribution in [0.15, 0.2) is 42.6 Å². The van der Waals surface area contributed by atoms with Crippen LogP contribution < -0.4 is 10.6 Å². The number of carbonyl (C=O) groups excluding carboxylic acids is 2. The molecule has 3 rings (SSSR count). The van der Waals surface area contributed by atoms with E-state index in [-0.39, 0.29) is 23.3 Å². The van der Waals surface area contributed by atoms with Gasteiger partial charge in [-0.25, -0.2) is 4.98 Å². The molecule has 0 unspecified atom stereocenters. The zero-order valence-corrected chi connectivity index (χ0v) is 15.6. The number of nitrogens with zero attached hydrogens (tertiary/aromatic N) is 2. The van der Waals surface area contributed by atoms with E-state index in [9.17, 15) is 9.59 Å². The van der Waals surface area contributed by atoms with Crippen molar-refractivity contribution in [1.29, 1.82) is 0 Å². The number of anilines is 1. The smallest absolute Gasteiger partial charge is 0.292 e. The number of hydrogen-bond acceptors (Lipinski definition) is 4. The normalized spacial score (nSPS) is 10.8. The number of pyridine rings is 1. The van der Waals surface area contributed by atoms with Crippen molar-refractivity contribution in [3.8, 4) is 0 Å². The van der Waals surface area contributed by atoms with Crippen LogP contribution in [0.1, 0.15) is 32.2 Å². The molecule has 0 bridgehead atoms. The maximum absolute atomic E-state index is 12.8. The van der Waals surface area contributed by atoms with Gasteiger partial charge in [-0.3, -0.25) is 14.0 Å². The van der Waals surface area contributed by atoms with Crippen molar-refractivity contribution in [2.75, 3.05) is 25.6 Å². The highest BCUT2D eigenvalue weighted by Crippen LogP contribution is 2.19. The van der Waals surface area contributed by atoms with E-state index >= 15 is 0 Å². The standard InChI is InChI=1S/C20H22N4O3/c1-13-7-8-15(14(2)12-13)22-20(26)18-23-17(19(25)21-9-11-27-3)16-6-4-5-10-24(16)18/h4-8,10,12H,9,11H2,1-3H3,(H,21,25)(H,22,26). The largest absolute Gasteiger partial charge is 0.383 e. The molecule has 2 heterocycles. The van der Waals surface area contributed by atoms with E-state index in [0.717, 1.165) is 11.1 Å². The molecule has 27 heavy (non-hydrogen) atoms. The van der Waals surface area contributed by atoms with Gasteiger partial charge in [0.15, 0.2) is 5.69 Å². The Hall–Kier alpha value is -3.19. The monoisotopic (exact) mass is 366 g/mol. The van der Waals surface area contributed by atoms with Crippen molar-refractivity contribution in [2.45, 2.75) is 13.8 Å². The van der Waals surface area contributed by atoms with Gasteiger partial charge in [-0.05, 0) is 37.6 Å². The molecule has 0 saturated heterocycles. The van der Waals surface area contributed by atoms with Crippen LogP contribution in [0.3, 0.4) is 0 Å². The highest BCUT2D eigenvalue weighted by atomic mass is 16.5. The molecule has 140 valence electrons. The predicted molar refractivity (Wildman–Crippen MR) is 103 cm³/mol. The summed E-state index contributed by atoms with van der Waals surface area (Å²) < 4.78 is 6.56. The summed E-state index contributed by atoms with van der Waals surface area (Å²) in [6.07, 6.45) is 1.71. The second kappa shape index (κ2) is 8.01. The van der Waals surface area contributed by atoms with Gasteiger partial charge in [-0.1, -0.05) is 23.8 Å². The SMILES string of the molecule is COCCNC(=O)c1nc(C(=O)Nc2ccc(C)cc2C)n2ccccc12. The van der Waals surface area contributed by atoms with Crippen molar-refractivity contribution in [1.82, 2.24) is 14.7 Å². The maximum atomic E-state index is 12.8. The Labute approximate surface area is 157 Å². The topological polar surface area (TPSA) is 84.7 Å². The summed E-state index contributed by atoms with van der Waals surface area (Å²) in [7, 11) is 1.56. The summed E-state index contributed by atoms with van der Waals surface area (Å²) in [6, 6.07) is 11.1. The second-order valence-electron chi connectivity index (χ2n) is 6.26. The first-order chi connectivity index (χ1) is 13.0. The maximum Gasteiger partial charge on any atom is 0.292 e. The van der Waals surface area contributed by atoms with Gasteiger partial charge in [0.2, 0.25) is 5.82 Å². The summed E-state index contributed by atoms with van der Waals surface area (Å²) in [5.74, 6) is -0.567. The Morgan fingerprint density at radius 3 is 2.70 bits per heavy atom. The molecular formula is C20H22N4O3.